The van der Waals surface area contributed by atoms with Gasteiger partial charge in [-0.25, -0.2) is 0 Å². The fraction of sp³-hybridized carbons (Fsp3) is 0.316. The number of carbonyl (C=O) groups is 1. The summed E-state index contributed by atoms with van der Waals surface area (Å²) >= 11 is 0. The number of likely N-dealkylation sites (N-methyl/N-ethyl adjacent to an activating group) is 1. The van der Waals surface area contributed by atoms with Gasteiger partial charge in [-0.05, 0) is 42.8 Å². The maximum atomic E-state index is 11.9. The molecule has 2 aromatic carbocycles. The highest BCUT2D eigenvalue weighted by molar-refractivity contribution is 5.77. The molecule has 0 aliphatic heterocycles. The second-order valence-corrected chi connectivity index (χ2v) is 5.34. The Hall–Kier alpha value is -2.49. The normalized spacial score (nSPS) is 10.2. The molecule has 0 aromatic heterocycles. The van der Waals surface area contributed by atoms with E-state index in [1.165, 1.54) is 0 Å². The summed E-state index contributed by atoms with van der Waals surface area (Å²) in [6.07, 6.45) is 2.08. The largest absolute Gasteiger partial charge is 0.484 e. The summed E-state index contributed by atoms with van der Waals surface area (Å²) in [6.45, 7) is 2.93. The van der Waals surface area contributed by atoms with Crippen molar-refractivity contribution in [2.24, 2.45) is 0 Å². The number of ether oxygens (including phenoxy) is 2. The Balaban J connectivity index is 1.82. The van der Waals surface area contributed by atoms with Gasteiger partial charge in [-0.15, -0.1) is 0 Å². The Kier molecular flexibility index (Phi) is 6.48. The number of benzene rings is 2. The second-order valence-electron chi connectivity index (χ2n) is 5.34. The van der Waals surface area contributed by atoms with E-state index < -0.39 is 0 Å². The maximum absolute atomic E-state index is 11.9. The lowest BCUT2D eigenvalue weighted by Crippen LogP contribution is -2.32. The van der Waals surface area contributed by atoms with Crippen molar-refractivity contribution in [3.63, 3.8) is 0 Å². The number of hydrogen-bond acceptors (Lipinski definition) is 3. The molecule has 122 valence electrons. The highest BCUT2D eigenvalue weighted by atomic mass is 16.5. The molecule has 0 saturated carbocycles. The van der Waals surface area contributed by atoms with Crippen LogP contribution >= 0.6 is 0 Å². The number of unbranched alkanes of at least 4 members (excludes halogenated alkanes) is 1. The van der Waals surface area contributed by atoms with E-state index in [2.05, 4.69) is 6.92 Å². The van der Waals surface area contributed by atoms with Gasteiger partial charge in [0.1, 0.15) is 17.2 Å². The summed E-state index contributed by atoms with van der Waals surface area (Å²) < 4.78 is 11.2. The third kappa shape index (κ3) is 5.66. The predicted octanol–water partition coefficient (Wildman–Crippen LogP) is 4.12. The molecule has 1 amide bonds. The Morgan fingerprint density at radius 3 is 2.22 bits per heavy atom. The first-order valence-electron chi connectivity index (χ1n) is 7.88. The molecule has 0 atom stereocenters. The van der Waals surface area contributed by atoms with Crippen LogP contribution in [-0.4, -0.2) is 31.0 Å². The van der Waals surface area contributed by atoms with Crippen molar-refractivity contribution in [2.45, 2.75) is 19.8 Å². The third-order valence-corrected chi connectivity index (χ3v) is 3.44. The molecule has 0 aliphatic carbocycles. The van der Waals surface area contributed by atoms with Crippen molar-refractivity contribution >= 4 is 5.91 Å². The zero-order valence-electron chi connectivity index (χ0n) is 13.7. The van der Waals surface area contributed by atoms with Gasteiger partial charge >= 0.3 is 0 Å². The Bertz CT molecular complexity index is 596. The number of nitrogens with zero attached hydrogens (tertiary/aromatic N) is 1. The van der Waals surface area contributed by atoms with E-state index in [9.17, 15) is 4.79 Å². The van der Waals surface area contributed by atoms with Gasteiger partial charge in [0, 0.05) is 13.6 Å². The van der Waals surface area contributed by atoms with Gasteiger partial charge in [-0.3, -0.25) is 4.79 Å². The number of rotatable bonds is 8. The van der Waals surface area contributed by atoms with Gasteiger partial charge < -0.3 is 14.4 Å². The van der Waals surface area contributed by atoms with Crippen molar-refractivity contribution in [2.75, 3.05) is 20.2 Å². The zero-order chi connectivity index (χ0) is 16.5. The third-order valence-electron chi connectivity index (χ3n) is 3.44. The SMILES string of the molecule is CCCCN(C)C(=O)COc1ccc(Oc2ccccc2)cc1. The summed E-state index contributed by atoms with van der Waals surface area (Å²) in [6, 6.07) is 16.8. The molecule has 0 aliphatic rings. The summed E-state index contributed by atoms with van der Waals surface area (Å²) in [7, 11) is 1.80. The van der Waals surface area contributed by atoms with Gasteiger partial charge in [-0.1, -0.05) is 31.5 Å². The van der Waals surface area contributed by atoms with E-state index in [0.29, 0.717) is 5.75 Å². The number of amides is 1. The van der Waals surface area contributed by atoms with Crippen LogP contribution in [0.3, 0.4) is 0 Å². The first-order valence-corrected chi connectivity index (χ1v) is 7.88. The molecule has 0 heterocycles. The highest BCUT2D eigenvalue weighted by Gasteiger charge is 2.08. The molecule has 0 bridgehead atoms. The van der Waals surface area contributed by atoms with E-state index in [1.807, 2.05) is 42.5 Å². The van der Waals surface area contributed by atoms with E-state index in [4.69, 9.17) is 9.47 Å². The smallest absolute Gasteiger partial charge is 0.260 e. The van der Waals surface area contributed by atoms with Crippen LogP contribution in [0.1, 0.15) is 19.8 Å². The predicted molar refractivity (Wildman–Crippen MR) is 91.0 cm³/mol. The lowest BCUT2D eigenvalue weighted by Gasteiger charge is -2.17. The molecule has 2 rings (SSSR count). The van der Waals surface area contributed by atoms with Crippen molar-refractivity contribution in [3.8, 4) is 17.2 Å². The van der Waals surface area contributed by atoms with Crippen LogP contribution in [0.5, 0.6) is 17.2 Å². The molecular formula is C19H23NO3. The molecule has 0 fully saturated rings. The molecule has 0 spiro atoms. The monoisotopic (exact) mass is 313 g/mol. The molecule has 4 heteroatoms. The minimum atomic E-state index is -0.0111. The average Bonchev–Trinajstić information content (AvgIpc) is 2.59. The standard InChI is InChI=1S/C19H23NO3/c1-3-4-14-20(2)19(21)15-22-16-10-12-18(13-11-16)23-17-8-6-5-7-9-17/h5-13H,3-4,14-15H2,1-2H3. The lowest BCUT2D eigenvalue weighted by atomic mass is 10.3. The summed E-state index contributed by atoms with van der Waals surface area (Å²) in [4.78, 5) is 13.6. The van der Waals surface area contributed by atoms with Crippen LogP contribution < -0.4 is 9.47 Å². The molecule has 0 unspecified atom stereocenters. The fourth-order valence-electron chi connectivity index (χ4n) is 2.00. The van der Waals surface area contributed by atoms with E-state index in [1.54, 1.807) is 24.1 Å². The highest BCUT2D eigenvalue weighted by Crippen LogP contribution is 2.23. The van der Waals surface area contributed by atoms with Gasteiger partial charge in [-0.2, -0.15) is 0 Å². The van der Waals surface area contributed by atoms with Gasteiger partial charge in [0.05, 0.1) is 0 Å². The van der Waals surface area contributed by atoms with Crippen LogP contribution in [0.15, 0.2) is 54.6 Å². The van der Waals surface area contributed by atoms with Crippen LogP contribution in [-0.2, 0) is 4.79 Å². The number of carbonyl (C=O) groups excluding carboxylic acids is 1. The van der Waals surface area contributed by atoms with Gasteiger partial charge in [0.25, 0.3) is 5.91 Å². The van der Waals surface area contributed by atoms with Crippen molar-refractivity contribution in [3.05, 3.63) is 54.6 Å². The van der Waals surface area contributed by atoms with Crippen LogP contribution in [0, 0.1) is 0 Å². The Morgan fingerprint density at radius 2 is 1.57 bits per heavy atom. The number of hydrogen-bond donors (Lipinski definition) is 0. The first-order chi connectivity index (χ1) is 11.2. The van der Waals surface area contributed by atoms with Gasteiger partial charge in [0.2, 0.25) is 0 Å². The van der Waals surface area contributed by atoms with Crippen molar-refractivity contribution < 1.29 is 14.3 Å². The molecule has 2 aromatic rings. The summed E-state index contributed by atoms with van der Waals surface area (Å²) in [5.74, 6) is 2.16. The first kappa shape index (κ1) is 16.9. The lowest BCUT2D eigenvalue weighted by molar-refractivity contribution is -0.132. The number of para-hydroxylation sites is 1. The van der Waals surface area contributed by atoms with Gasteiger partial charge in [0.15, 0.2) is 6.61 Å². The van der Waals surface area contributed by atoms with E-state index >= 15 is 0 Å². The fourth-order valence-corrected chi connectivity index (χ4v) is 2.00. The van der Waals surface area contributed by atoms with Crippen LogP contribution in [0.2, 0.25) is 0 Å². The topological polar surface area (TPSA) is 38.8 Å². The average molecular weight is 313 g/mol. The van der Waals surface area contributed by atoms with Crippen molar-refractivity contribution in [1.29, 1.82) is 0 Å². The maximum Gasteiger partial charge on any atom is 0.260 e. The van der Waals surface area contributed by atoms with E-state index in [0.717, 1.165) is 30.9 Å². The molecule has 23 heavy (non-hydrogen) atoms. The molecule has 0 N–H and O–H groups in total. The molecule has 0 radical (unpaired) electrons. The minimum absolute atomic E-state index is 0.0111. The minimum Gasteiger partial charge on any atom is -0.484 e. The van der Waals surface area contributed by atoms with E-state index in [-0.39, 0.29) is 12.5 Å². The molecular weight excluding hydrogens is 290 g/mol. The van der Waals surface area contributed by atoms with Crippen LogP contribution in [0.25, 0.3) is 0 Å². The molecule has 0 saturated heterocycles. The molecule has 4 nitrogen and oxygen atoms in total. The zero-order valence-corrected chi connectivity index (χ0v) is 13.7. The second kappa shape index (κ2) is 8.83. The summed E-state index contributed by atoms with van der Waals surface area (Å²) in [5.41, 5.74) is 0. The Morgan fingerprint density at radius 1 is 0.957 bits per heavy atom. The van der Waals surface area contributed by atoms with Crippen molar-refractivity contribution in [1.82, 2.24) is 4.90 Å². The quantitative estimate of drug-likeness (QED) is 0.736. The Labute approximate surface area is 137 Å². The van der Waals surface area contributed by atoms with Crippen LogP contribution in [0.4, 0.5) is 0 Å². The summed E-state index contributed by atoms with van der Waals surface area (Å²) in [5, 5.41) is 0.